The molecule has 0 heterocycles. The minimum Gasteiger partial charge on any atom is -0.326 e. The highest BCUT2D eigenvalue weighted by Gasteiger charge is 2.60. The van der Waals surface area contributed by atoms with Crippen molar-refractivity contribution in [2.75, 3.05) is 0 Å². The van der Waals surface area contributed by atoms with E-state index in [1.165, 1.54) is 94.2 Å². The van der Waals surface area contributed by atoms with Crippen molar-refractivity contribution in [2.45, 2.75) is 56.8 Å². The Morgan fingerprint density at radius 3 is 1.79 bits per heavy atom. The molecule has 3 N–H and O–H groups in total. The molecule has 0 radical (unpaired) electrons. The van der Waals surface area contributed by atoms with Gasteiger partial charge < -0.3 is 5.73 Å². The minimum absolute atomic E-state index is 0.318. The summed E-state index contributed by atoms with van der Waals surface area (Å²) in [6.07, 6.45) is 6.62. The van der Waals surface area contributed by atoms with Crippen molar-refractivity contribution in [3.05, 3.63) is 267 Å². The van der Waals surface area contributed by atoms with Crippen LogP contribution in [-0.2, 0) is 23.9 Å². The molecule has 0 fully saturated rings. The number of hydrogen-bond donors (Lipinski definition) is 2. The lowest BCUT2D eigenvalue weighted by Gasteiger charge is -2.50. The van der Waals surface area contributed by atoms with E-state index in [0.717, 1.165) is 12.8 Å². The second kappa shape index (κ2) is 16.8. The summed E-state index contributed by atoms with van der Waals surface area (Å²) in [5.41, 5.74) is 24.5. The molecule has 3 nitrogen and oxygen atoms in total. The second-order valence-corrected chi connectivity index (χ2v) is 16.6. The van der Waals surface area contributed by atoms with Gasteiger partial charge in [0.05, 0.1) is 10.8 Å². The first-order chi connectivity index (χ1) is 31.2. The highest BCUT2D eigenvalue weighted by atomic mass is 15.1. The van der Waals surface area contributed by atoms with Crippen molar-refractivity contribution >= 4 is 23.1 Å². The van der Waals surface area contributed by atoms with Crippen LogP contribution in [0, 0.1) is 0 Å². The van der Waals surface area contributed by atoms with Crippen molar-refractivity contribution in [1.29, 1.82) is 0 Å². The summed E-state index contributed by atoms with van der Waals surface area (Å²) in [5.74, 6) is 0. The van der Waals surface area contributed by atoms with Gasteiger partial charge >= 0.3 is 0 Å². The normalized spacial score (nSPS) is 16.9. The number of nitrogens with two attached hydrogens (primary N) is 1. The molecule has 0 saturated carbocycles. The predicted molar refractivity (Wildman–Crippen MR) is 264 cm³/mol. The lowest BCUT2D eigenvalue weighted by atomic mass is 9.51. The van der Waals surface area contributed by atoms with Crippen LogP contribution in [0.3, 0.4) is 0 Å². The Hall–Kier alpha value is -6.91. The summed E-state index contributed by atoms with van der Waals surface area (Å²) in [5, 5.41) is 6.36. The van der Waals surface area contributed by atoms with Gasteiger partial charge in [-0.15, -0.1) is 0 Å². The zero-order chi connectivity index (χ0) is 43.0. The summed E-state index contributed by atoms with van der Waals surface area (Å²) in [6.45, 7) is 9.51. The third kappa shape index (κ3) is 6.06. The van der Waals surface area contributed by atoms with E-state index >= 15 is 0 Å². The summed E-state index contributed by atoms with van der Waals surface area (Å²) in [4.78, 5) is 4.86. The monoisotopic (exact) mass is 815 g/mol. The lowest BCUT2D eigenvalue weighted by Crippen LogP contribution is -2.45. The Labute approximate surface area is 372 Å². The van der Waals surface area contributed by atoms with Gasteiger partial charge in [-0.1, -0.05) is 214 Å². The minimum atomic E-state index is -0.547. The third-order valence-corrected chi connectivity index (χ3v) is 13.7. The molecule has 8 aromatic carbocycles. The molecule has 12 rings (SSSR count). The molecule has 0 aromatic heterocycles. The summed E-state index contributed by atoms with van der Waals surface area (Å²) in [7, 11) is 0. The highest BCUT2D eigenvalue weighted by Crippen LogP contribution is 2.68. The van der Waals surface area contributed by atoms with Gasteiger partial charge in [0.15, 0.2) is 0 Å². The Balaban J connectivity index is 0.000000289. The molecule has 2 atom stereocenters. The van der Waals surface area contributed by atoms with E-state index in [4.69, 9.17) is 10.7 Å². The lowest BCUT2D eigenvalue weighted by molar-refractivity contribution is 0.535. The fraction of sp³-hybridized carbons (Fsp3) is 0.150. The molecular formula is C60H53N3. The van der Waals surface area contributed by atoms with Crippen LogP contribution in [0.1, 0.15) is 94.1 Å². The van der Waals surface area contributed by atoms with Crippen LogP contribution in [0.2, 0.25) is 0 Å². The first kappa shape index (κ1) is 40.2. The van der Waals surface area contributed by atoms with Crippen LogP contribution in [0.25, 0.3) is 27.5 Å². The van der Waals surface area contributed by atoms with E-state index < -0.39 is 10.8 Å². The topological polar surface area (TPSA) is 50.4 Å². The second-order valence-electron chi connectivity index (χ2n) is 16.6. The van der Waals surface area contributed by atoms with Crippen molar-refractivity contribution in [3.63, 3.8) is 0 Å². The molecule has 308 valence electrons. The zero-order valence-corrected chi connectivity index (χ0v) is 36.2. The number of nitrogens with zero attached hydrogens (tertiary/aromatic N) is 1. The molecule has 0 bridgehead atoms. The number of benzene rings is 8. The molecule has 8 aromatic rings. The number of hydrogen-bond acceptors (Lipinski definition) is 3. The molecule has 2 unspecified atom stereocenters. The van der Waals surface area contributed by atoms with Crippen LogP contribution < -0.4 is 11.1 Å². The van der Waals surface area contributed by atoms with Gasteiger partial charge in [-0.05, 0) is 114 Å². The molecule has 0 amide bonds. The smallest absolute Gasteiger partial charge is 0.125 e. The van der Waals surface area contributed by atoms with Gasteiger partial charge in [-0.25, -0.2) is 0 Å². The molecular weight excluding hydrogens is 763 g/mol. The molecule has 63 heavy (non-hydrogen) atoms. The maximum atomic E-state index is 5.62. The molecule has 3 heteroatoms. The maximum Gasteiger partial charge on any atom is 0.125 e. The van der Waals surface area contributed by atoms with Crippen LogP contribution in [0.5, 0.6) is 0 Å². The van der Waals surface area contributed by atoms with E-state index in [1.807, 2.05) is 32.0 Å². The Morgan fingerprint density at radius 2 is 1.11 bits per heavy atom. The fourth-order valence-electron chi connectivity index (χ4n) is 11.4. The largest absolute Gasteiger partial charge is 0.326 e. The van der Waals surface area contributed by atoms with Gasteiger partial charge in [-0.2, -0.15) is 0 Å². The first-order valence-electron chi connectivity index (χ1n) is 22.5. The number of aliphatic imine (C=N–C) groups is 1. The highest BCUT2D eigenvalue weighted by molar-refractivity contribution is 5.95. The zero-order valence-electron chi connectivity index (χ0n) is 36.2. The van der Waals surface area contributed by atoms with Crippen LogP contribution in [0.4, 0.5) is 0 Å². The van der Waals surface area contributed by atoms with Gasteiger partial charge in [0.25, 0.3) is 0 Å². The molecule has 0 saturated heterocycles. The van der Waals surface area contributed by atoms with E-state index in [0.29, 0.717) is 13.1 Å². The standard InChI is InChI=1S/C47H36N2.C11H11N.C2H6/c1-48-45(49-30-31-16-3-2-4-17-31)36-22-15-29-43-44(36)47(39-25-11-7-20-34(39)35-21-8-12-26-40(35)47)42-28-14-13-27-41(42)46(43)37-23-9-5-18-32(37)33-19-6-10-24-38(33)46;12-8-10-6-3-5-9-4-1-2-7-11(9)10;1-2/h2-5,7-18,20-29,45,49H,1,6,19,30H2;1-7H,8,12H2;1-2H3. The average Bonchev–Trinajstić information content (AvgIpc) is 3.83. The van der Waals surface area contributed by atoms with Gasteiger partial charge in [0, 0.05) is 13.1 Å². The molecule has 0 aliphatic heterocycles. The fourth-order valence-corrected chi connectivity index (χ4v) is 11.4. The SMILES string of the molecule is C=NC(NCc1ccccc1)c1cccc2c1C1(c3ccccc3-c3ccccc31)c1ccccc1C21C2=C(CCC=C2)c2ccccc21.CC.NCc1cccc2ccccc12. The van der Waals surface area contributed by atoms with Crippen LogP contribution >= 0.6 is 0 Å². The van der Waals surface area contributed by atoms with E-state index in [-0.39, 0.29) is 6.17 Å². The third-order valence-electron chi connectivity index (χ3n) is 13.7. The number of allylic oxidation sites excluding steroid dienone is 4. The number of nitrogens with one attached hydrogen (secondary N) is 1. The van der Waals surface area contributed by atoms with Gasteiger partial charge in [-0.3, -0.25) is 10.3 Å². The van der Waals surface area contributed by atoms with Crippen LogP contribution in [-0.4, -0.2) is 6.72 Å². The quantitative estimate of drug-likeness (QED) is 0.164. The molecule has 4 aliphatic carbocycles. The molecule has 4 aliphatic rings. The van der Waals surface area contributed by atoms with E-state index in [2.05, 4.69) is 194 Å². The summed E-state index contributed by atoms with van der Waals surface area (Å²) >= 11 is 0. The Kier molecular flexibility index (Phi) is 10.7. The number of rotatable bonds is 6. The summed E-state index contributed by atoms with van der Waals surface area (Å²) in [6, 6.07) is 68.8. The molecule has 2 spiro atoms. The van der Waals surface area contributed by atoms with Crippen molar-refractivity contribution in [2.24, 2.45) is 10.7 Å². The van der Waals surface area contributed by atoms with Crippen molar-refractivity contribution in [1.82, 2.24) is 5.32 Å². The van der Waals surface area contributed by atoms with Crippen molar-refractivity contribution in [3.8, 4) is 11.1 Å². The summed E-state index contributed by atoms with van der Waals surface area (Å²) < 4.78 is 0. The number of fused-ring (bicyclic) bond motifs is 16. The maximum absolute atomic E-state index is 5.62. The predicted octanol–water partition coefficient (Wildman–Crippen LogP) is 13.6. The van der Waals surface area contributed by atoms with E-state index in [1.54, 1.807) is 0 Å². The van der Waals surface area contributed by atoms with Gasteiger partial charge in [0.1, 0.15) is 6.17 Å². The van der Waals surface area contributed by atoms with Gasteiger partial charge in [0.2, 0.25) is 0 Å². The first-order valence-corrected chi connectivity index (χ1v) is 22.5. The Bertz CT molecular complexity index is 3010. The van der Waals surface area contributed by atoms with Crippen LogP contribution in [0.15, 0.2) is 211 Å². The van der Waals surface area contributed by atoms with E-state index in [9.17, 15) is 0 Å². The Morgan fingerprint density at radius 1 is 0.571 bits per heavy atom. The van der Waals surface area contributed by atoms with Crippen molar-refractivity contribution < 1.29 is 0 Å². The average molecular weight is 816 g/mol.